The first-order chi connectivity index (χ1) is 9.88. The molecular formula is C16H25N3O. The van der Waals surface area contributed by atoms with Gasteiger partial charge in [0.05, 0.1) is 13.4 Å². The molecule has 0 fully saturated rings. The van der Waals surface area contributed by atoms with Crippen LogP contribution >= 0.6 is 0 Å². The molecule has 4 heteroatoms. The monoisotopic (exact) mass is 275 g/mol. The Balaban J connectivity index is 0.000000956. The van der Waals surface area contributed by atoms with Crippen LogP contribution in [0.1, 0.15) is 12.0 Å². The first kappa shape index (κ1) is 16.3. The van der Waals surface area contributed by atoms with Crippen molar-refractivity contribution in [3.63, 3.8) is 0 Å². The van der Waals surface area contributed by atoms with Crippen LogP contribution in [0.3, 0.4) is 0 Å². The summed E-state index contributed by atoms with van der Waals surface area (Å²) in [4.78, 5) is 4.29. The van der Waals surface area contributed by atoms with E-state index >= 15 is 0 Å². The van der Waals surface area contributed by atoms with Gasteiger partial charge in [-0.05, 0) is 12.0 Å². The Kier molecular flexibility index (Phi) is 8.19. The van der Waals surface area contributed by atoms with Crippen LogP contribution in [0, 0.1) is 0 Å². The Hall–Kier alpha value is -1.78. The fraction of sp³-hybridized carbons (Fsp3) is 0.375. The number of nitrogens with zero attached hydrogens (tertiary/aromatic N) is 2. The molecule has 20 heavy (non-hydrogen) atoms. The van der Waals surface area contributed by atoms with E-state index in [0.29, 0.717) is 0 Å². The summed E-state index contributed by atoms with van der Waals surface area (Å²) < 4.78 is 0. The van der Waals surface area contributed by atoms with E-state index in [0.717, 1.165) is 32.7 Å². The molecule has 0 saturated heterocycles. The quantitative estimate of drug-likeness (QED) is 0.589. The lowest BCUT2D eigenvalue weighted by Gasteiger charge is -2.21. The van der Waals surface area contributed by atoms with Crippen LogP contribution < -0.4 is 5.32 Å². The molecule has 0 spiro atoms. The summed E-state index contributed by atoms with van der Waals surface area (Å²) in [5.41, 5.74) is 1.24. The van der Waals surface area contributed by atoms with Gasteiger partial charge in [0.1, 0.15) is 0 Å². The van der Waals surface area contributed by atoms with Gasteiger partial charge in [-0.15, -0.1) is 13.2 Å². The van der Waals surface area contributed by atoms with E-state index in [9.17, 15) is 5.11 Å². The molecule has 0 unspecified atom stereocenters. The maximum absolute atomic E-state index is 9.37. The SMILES string of the molecule is C=C.OCN(CCCN1C=CNC1)Cc1ccccc1. The molecule has 1 aromatic rings. The number of aliphatic hydroxyl groups is 1. The third kappa shape index (κ3) is 5.91. The molecule has 0 amide bonds. The van der Waals surface area contributed by atoms with Crippen LogP contribution in [0.2, 0.25) is 0 Å². The fourth-order valence-corrected chi connectivity index (χ4v) is 2.07. The van der Waals surface area contributed by atoms with Gasteiger partial charge < -0.3 is 15.3 Å². The maximum Gasteiger partial charge on any atom is 0.0959 e. The molecule has 1 heterocycles. The smallest absolute Gasteiger partial charge is 0.0959 e. The molecule has 0 saturated carbocycles. The predicted octanol–water partition coefficient (Wildman–Crippen LogP) is 1.96. The van der Waals surface area contributed by atoms with Gasteiger partial charge in [-0.1, -0.05) is 30.3 Å². The summed E-state index contributed by atoms with van der Waals surface area (Å²) >= 11 is 0. The Labute approximate surface area is 122 Å². The van der Waals surface area contributed by atoms with E-state index in [1.54, 1.807) is 0 Å². The molecule has 0 radical (unpaired) electrons. The van der Waals surface area contributed by atoms with Gasteiger partial charge in [-0.25, -0.2) is 0 Å². The summed E-state index contributed by atoms with van der Waals surface area (Å²) in [6.45, 7) is 9.76. The lowest BCUT2D eigenvalue weighted by molar-refractivity contribution is 0.0972. The topological polar surface area (TPSA) is 38.7 Å². The Morgan fingerprint density at radius 1 is 1.25 bits per heavy atom. The van der Waals surface area contributed by atoms with Crippen molar-refractivity contribution >= 4 is 0 Å². The zero-order chi connectivity index (χ0) is 14.6. The number of nitrogens with one attached hydrogen (secondary N) is 1. The van der Waals surface area contributed by atoms with Gasteiger partial charge in [0.25, 0.3) is 0 Å². The van der Waals surface area contributed by atoms with E-state index in [1.807, 2.05) is 24.4 Å². The zero-order valence-electron chi connectivity index (χ0n) is 12.0. The largest absolute Gasteiger partial charge is 0.381 e. The van der Waals surface area contributed by atoms with Crippen molar-refractivity contribution in [2.24, 2.45) is 0 Å². The Bertz CT molecular complexity index is 381. The minimum atomic E-state index is 0.114. The minimum Gasteiger partial charge on any atom is -0.381 e. The Morgan fingerprint density at radius 2 is 2.00 bits per heavy atom. The van der Waals surface area contributed by atoms with Crippen molar-refractivity contribution in [2.45, 2.75) is 13.0 Å². The normalized spacial score (nSPS) is 13.0. The van der Waals surface area contributed by atoms with Gasteiger partial charge in [-0.3, -0.25) is 4.90 Å². The van der Waals surface area contributed by atoms with E-state index < -0.39 is 0 Å². The molecule has 110 valence electrons. The third-order valence-corrected chi connectivity index (χ3v) is 3.07. The van der Waals surface area contributed by atoms with Crippen LogP contribution in [-0.4, -0.2) is 41.4 Å². The van der Waals surface area contributed by atoms with Crippen molar-refractivity contribution in [3.8, 4) is 0 Å². The summed E-state index contributed by atoms with van der Waals surface area (Å²) in [6, 6.07) is 10.3. The molecule has 0 atom stereocenters. The molecule has 1 aliphatic heterocycles. The highest BCUT2D eigenvalue weighted by molar-refractivity contribution is 5.14. The highest BCUT2D eigenvalue weighted by Crippen LogP contribution is 2.05. The average Bonchev–Trinajstić information content (AvgIpc) is 3.02. The maximum atomic E-state index is 9.37. The van der Waals surface area contributed by atoms with Crippen LogP contribution in [0.4, 0.5) is 0 Å². The molecular weight excluding hydrogens is 250 g/mol. The van der Waals surface area contributed by atoms with Crippen LogP contribution in [0.15, 0.2) is 55.9 Å². The number of hydrogen-bond donors (Lipinski definition) is 2. The van der Waals surface area contributed by atoms with Gasteiger partial charge in [0.2, 0.25) is 0 Å². The number of benzene rings is 1. The molecule has 0 bridgehead atoms. The fourth-order valence-electron chi connectivity index (χ4n) is 2.07. The number of hydrogen-bond acceptors (Lipinski definition) is 4. The van der Waals surface area contributed by atoms with Gasteiger partial charge >= 0.3 is 0 Å². The van der Waals surface area contributed by atoms with Crippen LogP contribution in [0.25, 0.3) is 0 Å². The highest BCUT2D eigenvalue weighted by atomic mass is 16.3. The molecule has 1 aromatic carbocycles. The van der Waals surface area contributed by atoms with E-state index in [-0.39, 0.29) is 6.73 Å². The van der Waals surface area contributed by atoms with Gasteiger partial charge in [-0.2, -0.15) is 0 Å². The van der Waals surface area contributed by atoms with Crippen LogP contribution in [0.5, 0.6) is 0 Å². The predicted molar refractivity (Wildman–Crippen MR) is 83.7 cm³/mol. The lowest BCUT2D eigenvalue weighted by Crippen LogP contribution is -2.29. The van der Waals surface area contributed by atoms with E-state index in [2.05, 4.69) is 46.6 Å². The Morgan fingerprint density at radius 3 is 2.60 bits per heavy atom. The van der Waals surface area contributed by atoms with Crippen LogP contribution in [-0.2, 0) is 6.54 Å². The zero-order valence-corrected chi connectivity index (χ0v) is 12.0. The van der Waals surface area contributed by atoms with Gasteiger partial charge in [0.15, 0.2) is 0 Å². The summed E-state index contributed by atoms with van der Waals surface area (Å²) in [5, 5.41) is 12.5. The summed E-state index contributed by atoms with van der Waals surface area (Å²) in [5.74, 6) is 0. The molecule has 1 aliphatic rings. The molecule has 0 aliphatic carbocycles. The second-order valence-electron chi connectivity index (χ2n) is 4.52. The van der Waals surface area contributed by atoms with Crippen molar-refractivity contribution in [1.29, 1.82) is 0 Å². The summed E-state index contributed by atoms with van der Waals surface area (Å²) in [7, 11) is 0. The van der Waals surface area contributed by atoms with Crippen molar-refractivity contribution in [2.75, 3.05) is 26.5 Å². The van der Waals surface area contributed by atoms with Crippen molar-refractivity contribution < 1.29 is 5.11 Å². The van der Waals surface area contributed by atoms with E-state index in [1.165, 1.54) is 5.56 Å². The highest BCUT2D eigenvalue weighted by Gasteiger charge is 2.06. The lowest BCUT2D eigenvalue weighted by atomic mass is 10.2. The summed E-state index contributed by atoms with van der Waals surface area (Å²) in [6.07, 6.45) is 5.09. The third-order valence-electron chi connectivity index (χ3n) is 3.07. The van der Waals surface area contributed by atoms with E-state index in [4.69, 9.17) is 0 Å². The first-order valence-corrected chi connectivity index (χ1v) is 6.90. The number of rotatable bonds is 7. The molecule has 2 rings (SSSR count). The minimum absolute atomic E-state index is 0.114. The second kappa shape index (κ2) is 10.1. The molecule has 2 N–H and O–H groups in total. The second-order valence-corrected chi connectivity index (χ2v) is 4.52. The number of aliphatic hydroxyl groups excluding tert-OH is 1. The first-order valence-electron chi connectivity index (χ1n) is 6.90. The molecule has 0 aromatic heterocycles. The molecule has 4 nitrogen and oxygen atoms in total. The average molecular weight is 275 g/mol. The van der Waals surface area contributed by atoms with Crippen molar-refractivity contribution in [3.05, 3.63) is 61.5 Å². The van der Waals surface area contributed by atoms with Gasteiger partial charge in [0, 0.05) is 32.0 Å². The van der Waals surface area contributed by atoms with Crippen molar-refractivity contribution in [1.82, 2.24) is 15.1 Å². The standard InChI is InChI=1S/C14H21N3O.C2H4/c18-13-17(11-14-5-2-1-3-6-14)9-4-8-16-10-7-15-12-16;1-2/h1-3,5-7,10,15,18H,4,8-9,11-13H2;1-2H2.